The third-order valence-electron chi connectivity index (χ3n) is 11.6. The molecule has 6 aromatic rings. The first-order chi connectivity index (χ1) is 21.8. The number of hydrogen-bond acceptors (Lipinski definition) is 1. The van der Waals surface area contributed by atoms with Gasteiger partial charge in [-0.15, -0.1) is 0 Å². The highest BCUT2D eigenvalue weighted by Crippen LogP contribution is 2.60. The van der Waals surface area contributed by atoms with Gasteiger partial charge in [0.25, 0.3) is 0 Å². The molecule has 0 N–H and O–H groups in total. The predicted molar refractivity (Wildman–Crippen MR) is 189 cm³/mol. The summed E-state index contributed by atoms with van der Waals surface area (Å²) in [6.45, 7) is 6.95. The highest BCUT2D eigenvalue weighted by atomic mass is 16.3. The van der Waals surface area contributed by atoms with Crippen LogP contribution in [0.3, 0.4) is 0 Å². The summed E-state index contributed by atoms with van der Waals surface area (Å²) in [6.07, 6.45) is 8.67. The highest BCUT2D eigenvalue weighted by molar-refractivity contribution is 6.13. The van der Waals surface area contributed by atoms with E-state index in [0.717, 1.165) is 34.5 Å². The maximum atomic E-state index is 6.94. The van der Waals surface area contributed by atoms with Crippen LogP contribution in [0.15, 0.2) is 114 Å². The van der Waals surface area contributed by atoms with Crippen molar-refractivity contribution in [2.45, 2.75) is 70.1 Å². The van der Waals surface area contributed by atoms with Gasteiger partial charge in [-0.25, -0.2) is 0 Å². The maximum absolute atomic E-state index is 6.94. The lowest BCUT2D eigenvalue weighted by atomic mass is 9.48. The second-order valence-electron chi connectivity index (χ2n) is 15.7. The summed E-state index contributed by atoms with van der Waals surface area (Å²) in [5.41, 5.74) is 12.6. The summed E-state index contributed by atoms with van der Waals surface area (Å²) >= 11 is 0. The van der Waals surface area contributed by atoms with E-state index >= 15 is 0 Å². The van der Waals surface area contributed by atoms with Gasteiger partial charge in [-0.2, -0.15) is 0 Å². The highest BCUT2D eigenvalue weighted by Gasteiger charge is 2.51. The van der Waals surface area contributed by atoms with E-state index in [9.17, 15) is 0 Å². The average molecular weight is 587 g/mol. The van der Waals surface area contributed by atoms with Gasteiger partial charge in [0.1, 0.15) is 11.2 Å². The van der Waals surface area contributed by atoms with E-state index in [1.54, 1.807) is 5.56 Å². The molecule has 4 aliphatic rings. The van der Waals surface area contributed by atoms with E-state index in [0.29, 0.717) is 5.41 Å². The van der Waals surface area contributed by atoms with Crippen LogP contribution in [-0.4, -0.2) is 0 Å². The first kappa shape index (κ1) is 27.2. The lowest BCUT2D eigenvalue weighted by molar-refractivity contribution is -0.00518. The number of para-hydroxylation sites is 1. The lowest BCUT2D eigenvalue weighted by Crippen LogP contribution is -2.48. The Morgan fingerprint density at radius 2 is 1.09 bits per heavy atom. The van der Waals surface area contributed by atoms with Gasteiger partial charge < -0.3 is 4.42 Å². The van der Waals surface area contributed by atoms with Crippen molar-refractivity contribution in [2.75, 3.05) is 0 Å². The van der Waals surface area contributed by atoms with Crippen LogP contribution in [0.25, 0.3) is 55.3 Å². The average Bonchev–Trinajstić information content (AvgIpc) is 3.43. The smallest absolute Gasteiger partial charge is 0.143 e. The summed E-state index contributed by atoms with van der Waals surface area (Å²) in [7, 11) is 0. The lowest BCUT2D eigenvalue weighted by Gasteiger charge is -2.57. The summed E-state index contributed by atoms with van der Waals surface area (Å²) in [5, 5.41) is 2.40. The molecular formula is C44H42O. The normalized spacial score (nSPS) is 24.1. The van der Waals surface area contributed by atoms with Crippen LogP contribution >= 0.6 is 0 Å². The van der Waals surface area contributed by atoms with Crippen LogP contribution in [-0.2, 0) is 10.8 Å². The first-order valence-corrected chi connectivity index (χ1v) is 17.1. The molecule has 4 fully saturated rings. The molecular weight excluding hydrogens is 544 g/mol. The monoisotopic (exact) mass is 586 g/mol. The van der Waals surface area contributed by atoms with E-state index < -0.39 is 0 Å². The molecule has 1 nitrogen and oxygen atoms in total. The molecule has 45 heavy (non-hydrogen) atoms. The topological polar surface area (TPSA) is 13.1 Å². The number of hydrogen-bond donors (Lipinski definition) is 0. The largest absolute Gasteiger partial charge is 0.455 e. The molecule has 0 atom stereocenters. The molecule has 1 heteroatoms. The van der Waals surface area contributed by atoms with Crippen molar-refractivity contribution in [3.63, 3.8) is 0 Å². The first-order valence-electron chi connectivity index (χ1n) is 17.1. The van der Waals surface area contributed by atoms with Crippen LogP contribution in [0.1, 0.15) is 70.4 Å². The summed E-state index contributed by atoms with van der Waals surface area (Å²) in [5.74, 6) is 2.87. The van der Waals surface area contributed by atoms with Crippen molar-refractivity contribution in [1.29, 1.82) is 0 Å². The van der Waals surface area contributed by atoms with Crippen molar-refractivity contribution in [1.82, 2.24) is 0 Å². The van der Waals surface area contributed by atoms with Crippen molar-refractivity contribution in [3.05, 3.63) is 120 Å². The minimum Gasteiger partial charge on any atom is -0.455 e. The van der Waals surface area contributed by atoms with Crippen molar-refractivity contribution < 1.29 is 4.42 Å². The van der Waals surface area contributed by atoms with Crippen LogP contribution in [0.4, 0.5) is 0 Å². The number of benzene rings is 5. The minimum absolute atomic E-state index is 0.0244. The van der Waals surface area contributed by atoms with Crippen molar-refractivity contribution in [3.8, 4) is 33.4 Å². The molecule has 0 unspecified atom stereocenters. The summed E-state index contributed by atoms with van der Waals surface area (Å²) < 4.78 is 6.94. The fourth-order valence-electron chi connectivity index (χ4n) is 9.72. The predicted octanol–water partition coefficient (Wildman–Crippen LogP) is 12.4. The molecule has 0 radical (unpaired) electrons. The van der Waals surface area contributed by atoms with Crippen LogP contribution < -0.4 is 0 Å². The molecule has 0 saturated heterocycles. The number of furan rings is 1. The molecule has 0 amide bonds. The standard InChI is InChI=1S/C44H42O/c1-43(2,3)36-23-39(34-16-18-35(19-17-34)44-25-28-20-29(26-44)22-30(21-28)27-44)42-40(24-36)38-11-7-10-37(41(38)45-42)33-14-12-32(13-15-33)31-8-5-4-6-9-31/h4-19,23-24,28-30H,20-22,25-27H2,1-3H3. The number of fused-ring (bicyclic) bond motifs is 3. The van der Waals surface area contributed by atoms with Crippen LogP contribution in [0, 0.1) is 17.8 Å². The molecule has 1 heterocycles. The van der Waals surface area contributed by atoms with Crippen LogP contribution in [0.5, 0.6) is 0 Å². The van der Waals surface area contributed by atoms with Crippen molar-refractivity contribution >= 4 is 21.9 Å². The molecule has 4 aliphatic carbocycles. The molecule has 4 saturated carbocycles. The second-order valence-corrected chi connectivity index (χ2v) is 15.7. The summed E-state index contributed by atoms with van der Waals surface area (Å²) in [4.78, 5) is 0. The Labute approximate surface area is 267 Å². The third kappa shape index (κ3) is 4.50. The van der Waals surface area contributed by atoms with Gasteiger partial charge in [0.05, 0.1) is 0 Å². The van der Waals surface area contributed by atoms with E-state index in [2.05, 4.69) is 130 Å². The Morgan fingerprint density at radius 1 is 0.533 bits per heavy atom. The van der Waals surface area contributed by atoms with Gasteiger partial charge in [-0.3, -0.25) is 0 Å². The van der Waals surface area contributed by atoms with E-state index in [4.69, 9.17) is 4.42 Å². The molecule has 10 rings (SSSR count). The van der Waals surface area contributed by atoms with Gasteiger partial charge in [-0.1, -0.05) is 118 Å². The Bertz CT molecular complexity index is 2000. The van der Waals surface area contributed by atoms with E-state index in [1.165, 1.54) is 82.7 Å². The summed E-state index contributed by atoms with van der Waals surface area (Å²) in [6, 6.07) is 40.6. The Balaban J connectivity index is 1.16. The zero-order chi connectivity index (χ0) is 30.3. The fraction of sp³-hybridized carbons (Fsp3) is 0.318. The Kier molecular flexibility index (Phi) is 6.02. The molecule has 5 aromatic carbocycles. The Morgan fingerprint density at radius 3 is 1.73 bits per heavy atom. The fourth-order valence-corrected chi connectivity index (χ4v) is 9.72. The second kappa shape index (κ2) is 9.95. The minimum atomic E-state index is 0.0244. The Hall–Kier alpha value is -4.10. The molecule has 0 aliphatic heterocycles. The number of rotatable bonds is 4. The SMILES string of the molecule is CC(C)(C)c1cc(-c2ccc(C34CC5CC(CC(C5)C3)C4)cc2)c2oc3c(-c4ccc(-c5ccccc5)cc4)cccc3c2c1. The molecule has 224 valence electrons. The molecule has 1 aromatic heterocycles. The van der Waals surface area contributed by atoms with Gasteiger partial charge in [0.2, 0.25) is 0 Å². The van der Waals surface area contributed by atoms with Crippen molar-refractivity contribution in [2.24, 2.45) is 17.8 Å². The maximum Gasteiger partial charge on any atom is 0.143 e. The zero-order valence-corrected chi connectivity index (χ0v) is 26.8. The van der Waals surface area contributed by atoms with Crippen LogP contribution in [0.2, 0.25) is 0 Å². The van der Waals surface area contributed by atoms with E-state index in [1.807, 2.05) is 0 Å². The van der Waals surface area contributed by atoms with Gasteiger partial charge in [-0.05, 0) is 113 Å². The quantitative estimate of drug-likeness (QED) is 0.200. The zero-order valence-electron chi connectivity index (χ0n) is 26.8. The third-order valence-corrected chi connectivity index (χ3v) is 11.6. The van der Waals surface area contributed by atoms with Gasteiger partial charge in [0, 0.05) is 21.9 Å². The molecule has 0 spiro atoms. The van der Waals surface area contributed by atoms with E-state index in [-0.39, 0.29) is 5.41 Å². The van der Waals surface area contributed by atoms with Gasteiger partial charge >= 0.3 is 0 Å². The van der Waals surface area contributed by atoms with Gasteiger partial charge in [0.15, 0.2) is 0 Å². The molecule has 4 bridgehead atoms.